The smallest absolute Gasteiger partial charge is 0.278 e. The number of hydrogen-bond acceptors (Lipinski definition) is 0. The number of ketones is 2. The van der Waals surface area contributed by atoms with Gasteiger partial charge in [-0.15, -0.1) is 0 Å². The summed E-state index contributed by atoms with van der Waals surface area (Å²) in [5.74, 6) is 0.819. The minimum atomic E-state index is 0.374. The van der Waals surface area contributed by atoms with Gasteiger partial charge in [0.1, 0.15) is 0 Å². The summed E-state index contributed by atoms with van der Waals surface area (Å²) in [6, 6.07) is 12.3. The maximum absolute atomic E-state index is 10.4. The highest BCUT2D eigenvalue weighted by Crippen LogP contribution is 2.41. The molecule has 2 nitrogen and oxygen atoms in total. The lowest BCUT2D eigenvalue weighted by Crippen LogP contribution is -2.14. The number of benzene rings is 2. The monoisotopic (exact) mass is 250 g/mol. The van der Waals surface area contributed by atoms with E-state index in [4.69, 9.17) is 0 Å². The Balaban J connectivity index is 2.10. The van der Waals surface area contributed by atoms with Gasteiger partial charge >= 0.3 is 11.6 Å². The van der Waals surface area contributed by atoms with Crippen molar-refractivity contribution in [3.05, 3.63) is 53.1 Å². The molecule has 2 N–H and O–H groups in total. The molecule has 0 aliphatic heterocycles. The highest BCUT2D eigenvalue weighted by atomic mass is 16.1. The van der Waals surface area contributed by atoms with Crippen LogP contribution in [-0.4, -0.2) is 21.2 Å². The van der Waals surface area contributed by atoms with Gasteiger partial charge in [-0.25, -0.2) is 0 Å². The van der Waals surface area contributed by atoms with Crippen molar-refractivity contribution in [2.45, 2.75) is 19.3 Å². The quantitative estimate of drug-likeness (QED) is 0.644. The number of hydrogen-bond donors (Lipinski definition) is 0. The van der Waals surface area contributed by atoms with Crippen LogP contribution in [-0.2, 0) is 0 Å². The summed E-state index contributed by atoms with van der Waals surface area (Å²) in [6.45, 7) is 0. The molecule has 92 valence electrons. The zero-order valence-electron chi connectivity index (χ0n) is 10.5. The summed E-state index contributed by atoms with van der Waals surface area (Å²) in [4.78, 5) is 20.3. The van der Waals surface area contributed by atoms with Gasteiger partial charge in [0.25, 0.3) is 0 Å². The van der Waals surface area contributed by atoms with E-state index in [1.54, 1.807) is 0 Å². The van der Waals surface area contributed by atoms with Crippen LogP contribution in [0.3, 0.4) is 0 Å². The fourth-order valence-electron chi connectivity index (χ4n) is 3.32. The summed E-state index contributed by atoms with van der Waals surface area (Å²) < 4.78 is 0. The molecule has 0 aromatic heterocycles. The van der Waals surface area contributed by atoms with Crippen molar-refractivity contribution in [1.29, 1.82) is 0 Å². The summed E-state index contributed by atoms with van der Waals surface area (Å²) in [7, 11) is 0. The Labute approximate surface area is 110 Å². The Morgan fingerprint density at radius 2 is 1.63 bits per heavy atom. The number of allylic oxidation sites excluding steroid dienone is 2. The fourth-order valence-corrected chi connectivity index (χ4v) is 3.32. The second-order valence-electron chi connectivity index (χ2n) is 5.24. The average molecular weight is 250 g/mol. The van der Waals surface area contributed by atoms with Gasteiger partial charge in [0.2, 0.25) is 0 Å². The summed E-state index contributed by atoms with van der Waals surface area (Å²) >= 11 is 0. The van der Waals surface area contributed by atoms with Gasteiger partial charge in [-0.1, -0.05) is 36.4 Å². The third kappa shape index (κ3) is 1.37. The van der Waals surface area contributed by atoms with Crippen molar-refractivity contribution in [2.24, 2.45) is 0 Å². The van der Waals surface area contributed by atoms with Crippen LogP contribution in [0.15, 0.2) is 42.0 Å². The third-order valence-electron chi connectivity index (χ3n) is 4.21. The van der Waals surface area contributed by atoms with E-state index in [-0.39, 0.29) is 0 Å². The molecule has 0 heterocycles. The van der Waals surface area contributed by atoms with Crippen molar-refractivity contribution in [3.8, 4) is 0 Å². The zero-order chi connectivity index (χ0) is 13.0. The Morgan fingerprint density at radius 3 is 2.53 bits per heavy atom. The molecule has 0 bridgehead atoms. The molecule has 2 aliphatic rings. The number of rotatable bonds is 0. The predicted molar refractivity (Wildman–Crippen MR) is 77.7 cm³/mol. The minimum absolute atomic E-state index is 0.374. The van der Waals surface area contributed by atoms with Gasteiger partial charge in [-0.2, -0.15) is 0 Å². The Kier molecular flexibility index (Phi) is 2.05. The van der Waals surface area contributed by atoms with E-state index in [0.29, 0.717) is 24.4 Å². The first kappa shape index (κ1) is 10.7. The van der Waals surface area contributed by atoms with Crippen molar-refractivity contribution in [3.63, 3.8) is 0 Å². The number of carbonyl (C=O) groups excluding carboxylic acids is 2. The lowest BCUT2D eigenvalue weighted by Gasteiger charge is -2.15. The van der Waals surface area contributed by atoms with Crippen LogP contribution in [0.25, 0.3) is 16.3 Å². The molecule has 2 heteroatoms. The van der Waals surface area contributed by atoms with Crippen molar-refractivity contribution < 1.29 is 9.59 Å². The third-order valence-corrected chi connectivity index (χ3v) is 4.21. The highest BCUT2D eigenvalue weighted by Gasteiger charge is 2.39. The lowest BCUT2D eigenvalue weighted by atomic mass is 9.83. The standard InChI is InChI=1S/C17H12O2/c18-15-8-7-12-13-6-5-10-3-1-2-4-11(10)17(13)16(19)9-14(12)15/h1-6H,7-9H2/p+2. The van der Waals surface area contributed by atoms with Crippen LogP contribution >= 0.6 is 0 Å². The Bertz CT molecular complexity index is 781. The molecule has 0 fully saturated rings. The van der Waals surface area contributed by atoms with Gasteiger partial charge in [0, 0.05) is 0 Å². The van der Waals surface area contributed by atoms with Gasteiger partial charge in [0.15, 0.2) is 0 Å². The molecule has 0 saturated carbocycles. The lowest BCUT2D eigenvalue weighted by molar-refractivity contribution is 0.655. The maximum atomic E-state index is 10.4. The topological polar surface area (TPSA) is 42.8 Å². The summed E-state index contributed by atoms with van der Waals surface area (Å²) in [6.07, 6.45) is 2.03. The van der Waals surface area contributed by atoms with Crippen molar-refractivity contribution in [2.75, 3.05) is 0 Å². The highest BCUT2D eigenvalue weighted by molar-refractivity contribution is 6.22. The molecule has 0 atom stereocenters. The van der Waals surface area contributed by atoms with Crippen molar-refractivity contribution in [1.82, 2.24) is 0 Å². The molecule has 0 saturated heterocycles. The average Bonchev–Trinajstić information content (AvgIpc) is 2.80. The molecule has 0 radical (unpaired) electrons. The van der Waals surface area contributed by atoms with Gasteiger partial charge in [-0.05, 0) is 28.3 Å². The Morgan fingerprint density at radius 1 is 0.789 bits per heavy atom. The van der Waals surface area contributed by atoms with Crippen LogP contribution in [0.2, 0.25) is 0 Å². The van der Waals surface area contributed by atoms with E-state index < -0.39 is 0 Å². The molecular formula is C17H14O2+2. The van der Waals surface area contributed by atoms with E-state index in [1.807, 2.05) is 12.1 Å². The first-order valence-electron chi connectivity index (χ1n) is 6.60. The second-order valence-corrected chi connectivity index (χ2v) is 5.24. The molecular weight excluding hydrogens is 236 g/mol. The van der Waals surface area contributed by atoms with Crippen molar-refractivity contribution >= 4 is 27.9 Å². The molecule has 0 spiro atoms. The molecule has 19 heavy (non-hydrogen) atoms. The van der Waals surface area contributed by atoms with Crippen LogP contribution in [0.5, 0.6) is 0 Å². The van der Waals surface area contributed by atoms with E-state index >= 15 is 0 Å². The molecule has 0 unspecified atom stereocenters. The van der Waals surface area contributed by atoms with E-state index in [1.165, 1.54) is 5.57 Å². The van der Waals surface area contributed by atoms with Gasteiger partial charge < -0.3 is 0 Å². The maximum Gasteiger partial charge on any atom is 0.329 e. The SMILES string of the molecule is [OH+]=C1CCC2=C1CC(=[OH+])c1c2ccc2ccccc12. The molecule has 0 amide bonds. The van der Waals surface area contributed by atoms with Gasteiger partial charge in [0.05, 0.1) is 24.0 Å². The first-order valence-corrected chi connectivity index (χ1v) is 6.60. The Hall–Kier alpha value is -2.22. The van der Waals surface area contributed by atoms with E-state index in [0.717, 1.165) is 33.9 Å². The normalized spacial score (nSPS) is 17.9. The van der Waals surface area contributed by atoms with E-state index in [2.05, 4.69) is 24.3 Å². The van der Waals surface area contributed by atoms with Crippen LogP contribution in [0, 0.1) is 0 Å². The van der Waals surface area contributed by atoms with Crippen LogP contribution in [0.4, 0.5) is 0 Å². The zero-order valence-corrected chi connectivity index (χ0v) is 10.5. The molecule has 2 aliphatic carbocycles. The summed E-state index contributed by atoms with van der Waals surface area (Å²) in [5.41, 5.74) is 4.17. The van der Waals surface area contributed by atoms with Gasteiger partial charge in [-0.3, -0.25) is 9.59 Å². The fraction of sp³-hybridized carbons (Fsp3) is 0.176. The molecule has 4 rings (SSSR count). The van der Waals surface area contributed by atoms with E-state index in [9.17, 15) is 9.59 Å². The second kappa shape index (κ2) is 3.64. The molecule has 2 aromatic carbocycles. The molecule has 2 aromatic rings. The van der Waals surface area contributed by atoms with Crippen LogP contribution < -0.4 is 0 Å². The number of fused-ring (bicyclic) bond motifs is 4. The summed E-state index contributed by atoms with van der Waals surface area (Å²) in [5, 5.41) is 2.23. The van der Waals surface area contributed by atoms with Crippen LogP contribution in [0.1, 0.15) is 30.4 Å². The first-order chi connectivity index (χ1) is 9.25. The minimum Gasteiger partial charge on any atom is -0.278 e. The largest absolute Gasteiger partial charge is 0.329 e. The predicted octanol–water partition coefficient (Wildman–Crippen LogP) is 3.23.